The van der Waals surface area contributed by atoms with E-state index in [2.05, 4.69) is 15.3 Å². The van der Waals surface area contributed by atoms with Gasteiger partial charge in [0.15, 0.2) is 0 Å². The quantitative estimate of drug-likeness (QED) is 0.529. The number of nitro groups is 1. The molecule has 0 aliphatic rings. The minimum atomic E-state index is -0.667. The number of hydrazone groups is 1. The molecule has 0 bridgehead atoms. The zero-order valence-electron chi connectivity index (χ0n) is 11.1. The fraction of sp³-hybridized carbons (Fsp3) is 0.0769. The van der Waals surface area contributed by atoms with Gasteiger partial charge in [0.1, 0.15) is 0 Å². The maximum atomic E-state index is 10.9. The van der Waals surface area contributed by atoms with Crippen LogP contribution in [0.25, 0.3) is 5.69 Å². The highest BCUT2D eigenvalue weighted by molar-refractivity contribution is 5.80. The molecule has 8 nitrogen and oxygen atoms in total. The molecule has 0 fully saturated rings. The van der Waals surface area contributed by atoms with E-state index in [0.717, 1.165) is 5.69 Å². The summed E-state index contributed by atoms with van der Waals surface area (Å²) in [7, 11) is 1.24. The molecule has 0 spiro atoms. The second kappa shape index (κ2) is 6.33. The van der Waals surface area contributed by atoms with E-state index in [9.17, 15) is 14.9 Å². The van der Waals surface area contributed by atoms with Crippen LogP contribution in [0.5, 0.6) is 0 Å². The van der Waals surface area contributed by atoms with Gasteiger partial charge in [-0.25, -0.2) is 10.2 Å². The molecule has 0 saturated carbocycles. The van der Waals surface area contributed by atoms with E-state index in [0.29, 0.717) is 5.69 Å². The Morgan fingerprint density at radius 1 is 1.38 bits per heavy atom. The molecular weight excluding hydrogens is 276 g/mol. The summed E-state index contributed by atoms with van der Waals surface area (Å²) in [4.78, 5) is 21.0. The first-order valence-electron chi connectivity index (χ1n) is 5.91. The average Bonchev–Trinajstić information content (AvgIpc) is 2.95. The zero-order chi connectivity index (χ0) is 15.2. The molecule has 1 amide bonds. The second-order valence-electron chi connectivity index (χ2n) is 3.94. The van der Waals surface area contributed by atoms with Crippen molar-refractivity contribution in [3.63, 3.8) is 0 Å². The summed E-state index contributed by atoms with van der Waals surface area (Å²) >= 11 is 0. The van der Waals surface area contributed by atoms with Crippen LogP contribution >= 0.6 is 0 Å². The number of carbonyl (C=O) groups is 1. The van der Waals surface area contributed by atoms with Crippen molar-refractivity contribution in [2.75, 3.05) is 7.11 Å². The molecule has 0 atom stereocenters. The van der Waals surface area contributed by atoms with Gasteiger partial charge < -0.3 is 9.30 Å². The second-order valence-corrected chi connectivity index (χ2v) is 3.94. The Kier molecular flexibility index (Phi) is 4.30. The number of nitrogens with one attached hydrogen (secondary N) is 1. The molecule has 1 aromatic heterocycles. The maximum absolute atomic E-state index is 10.9. The first-order valence-corrected chi connectivity index (χ1v) is 5.91. The average molecular weight is 288 g/mol. The molecule has 0 radical (unpaired) electrons. The van der Waals surface area contributed by atoms with Crippen LogP contribution < -0.4 is 5.43 Å². The number of non-ortho nitro benzene ring substituents is 1. The van der Waals surface area contributed by atoms with Crippen LogP contribution in [0.2, 0.25) is 0 Å². The van der Waals surface area contributed by atoms with Crippen LogP contribution in [-0.2, 0) is 4.74 Å². The van der Waals surface area contributed by atoms with E-state index in [4.69, 9.17) is 0 Å². The highest BCUT2D eigenvalue weighted by Crippen LogP contribution is 2.16. The number of benzene rings is 1. The van der Waals surface area contributed by atoms with E-state index in [1.807, 2.05) is 0 Å². The Morgan fingerprint density at radius 2 is 2.10 bits per heavy atom. The summed E-state index contributed by atoms with van der Waals surface area (Å²) in [5, 5.41) is 14.4. The monoisotopic (exact) mass is 288 g/mol. The van der Waals surface area contributed by atoms with Crippen LogP contribution in [0.3, 0.4) is 0 Å². The molecular formula is C13H12N4O4. The number of hydrogen-bond acceptors (Lipinski definition) is 5. The number of methoxy groups -OCH3 is 1. The third-order valence-corrected chi connectivity index (χ3v) is 2.66. The minimum absolute atomic E-state index is 0.0217. The van der Waals surface area contributed by atoms with Gasteiger partial charge in [-0.2, -0.15) is 5.10 Å². The van der Waals surface area contributed by atoms with Crippen LogP contribution in [0.15, 0.2) is 47.7 Å². The standard InChI is InChI=1S/C13H12N4O4/c1-21-13(18)15-14-9-12-3-2-8-16(12)10-4-6-11(7-5-10)17(19)20/h2-9H,1H3,(H,15,18)/b14-9-. The van der Waals surface area contributed by atoms with Gasteiger partial charge in [-0.3, -0.25) is 10.1 Å². The highest BCUT2D eigenvalue weighted by atomic mass is 16.6. The van der Waals surface area contributed by atoms with Gasteiger partial charge in [-0.15, -0.1) is 0 Å². The summed E-state index contributed by atoms with van der Waals surface area (Å²) in [5.41, 5.74) is 3.64. The van der Waals surface area contributed by atoms with E-state index < -0.39 is 11.0 Å². The Morgan fingerprint density at radius 3 is 2.71 bits per heavy atom. The largest absolute Gasteiger partial charge is 0.452 e. The van der Waals surface area contributed by atoms with Crippen molar-refractivity contribution in [3.05, 3.63) is 58.4 Å². The van der Waals surface area contributed by atoms with E-state index in [1.165, 1.54) is 25.5 Å². The number of nitro benzene ring substituents is 1. The van der Waals surface area contributed by atoms with Crippen molar-refractivity contribution >= 4 is 18.0 Å². The summed E-state index contributed by atoms with van der Waals surface area (Å²) in [6.07, 6.45) is 2.55. The molecule has 2 aromatic rings. The normalized spacial score (nSPS) is 10.5. The third kappa shape index (κ3) is 3.44. The first kappa shape index (κ1) is 14.3. The minimum Gasteiger partial charge on any atom is -0.452 e. The Bertz CT molecular complexity index is 676. The predicted octanol–water partition coefficient (Wildman–Crippen LogP) is 2.08. The van der Waals surface area contributed by atoms with E-state index in [-0.39, 0.29) is 5.69 Å². The number of aromatic nitrogens is 1. The summed E-state index contributed by atoms with van der Waals surface area (Å²) in [6.45, 7) is 0. The molecule has 2 rings (SSSR count). The van der Waals surface area contributed by atoms with E-state index in [1.54, 1.807) is 35.0 Å². The zero-order valence-corrected chi connectivity index (χ0v) is 11.1. The Hall–Kier alpha value is -3.16. The molecule has 0 aliphatic heterocycles. The van der Waals surface area contributed by atoms with Gasteiger partial charge in [-0.1, -0.05) is 0 Å². The van der Waals surface area contributed by atoms with Crippen LogP contribution in [0.4, 0.5) is 10.5 Å². The Balaban J connectivity index is 2.19. The van der Waals surface area contributed by atoms with Crippen molar-refractivity contribution in [2.45, 2.75) is 0 Å². The smallest absolute Gasteiger partial charge is 0.427 e. The molecule has 0 aliphatic carbocycles. The Labute approximate surface area is 119 Å². The summed E-state index contributed by atoms with van der Waals surface area (Å²) in [5.74, 6) is 0. The number of hydrogen-bond donors (Lipinski definition) is 1. The van der Waals surface area contributed by atoms with Crippen LogP contribution in [0, 0.1) is 10.1 Å². The van der Waals surface area contributed by atoms with Gasteiger partial charge >= 0.3 is 6.09 Å². The highest BCUT2D eigenvalue weighted by Gasteiger charge is 2.06. The third-order valence-electron chi connectivity index (χ3n) is 2.66. The summed E-state index contributed by atoms with van der Waals surface area (Å²) in [6, 6.07) is 9.67. The van der Waals surface area contributed by atoms with Crippen molar-refractivity contribution < 1.29 is 14.5 Å². The van der Waals surface area contributed by atoms with Gasteiger partial charge in [0.05, 0.1) is 23.9 Å². The number of ether oxygens (including phenoxy) is 1. The fourth-order valence-corrected chi connectivity index (χ4v) is 1.67. The SMILES string of the molecule is COC(=O)N/N=C\c1cccn1-c1ccc([N+](=O)[O-])cc1. The predicted molar refractivity (Wildman–Crippen MR) is 75.6 cm³/mol. The van der Waals surface area contributed by atoms with Crippen molar-refractivity contribution in [1.82, 2.24) is 9.99 Å². The first-order chi connectivity index (χ1) is 10.1. The number of carbonyl (C=O) groups excluding carboxylic acids is 1. The maximum Gasteiger partial charge on any atom is 0.427 e. The lowest BCUT2D eigenvalue weighted by atomic mass is 10.3. The van der Waals surface area contributed by atoms with Crippen LogP contribution in [0.1, 0.15) is 5.69 Å². The van der Waals surface area contributed by atoms with Crippen molar-refractivity contribution in [3.8, 4) is 5.69 Å². The molecule has 1 N–H and O–H groups in total. The lowest BCUT2D eigenvalue weighted by molar-refractivity contribution is -0.384. The van der Waals surface area contributed by atoms with Crippen molar-refractivity contribution in [2.24, 2.45) is 5.10 Å². The van der Waals surface area contributed by atoms with Crippen molar-refractivity contribution in [1.29, 1.82) is 0 Å². The molecule has 8 heteroatoms. The number of amides is 1. The lowest BCUT2D eigenvalue weighted by Gasteiger charge is -2.05. The summed E-state index contributed by atoms with van der Waals surface area (Å²) < 4.78 is 6.16. The lowest BCUT2D eigenvalue weighted by Crippen LogP contribution is -2.17. The van der Waals surface area contributed by atoms with Crippen LogP contribution in [-0.4, -0.2) is 28.9 Å². The molecule has 0 unspecified atom stereocenters. The molecule has 1 aromatic carbocycles. The molecule has 108 valence electrons. The van der Waals surface area contributed by atoms with Gasteiger partial charge in [0.25, 0.3) is 5.69 Å². The van der Waals surface area contributed by atoms with Gasteiger partial charge in [0.2, 0.25) is 0 Å². The molecule has 0 saturated heterocycles. The molecule has 21 heavy (non-hydrogen) atoms. The van der Waals surface area contributed by atoms with E-state index >= 15 is 0 Å². The number of nitrogens with zero attached hydrogens (tertiary/aromatic N) is 3. The van der Waals surface area contributed by atoms with Gasteiger partial charge in [-0.05, 0) is 24.3 Å². The number of rotatable bonds is 4. The fourth-order valence-electron chi connectivity index (χ4n) is 1.67. The molecule has 1 heterocycles. The van der Waals surface area contributed by atoms with Gasteiger partial charge in [0, 0.05) is 24.0 Å². The topological polar surface area (TPSA) is 98.8 Å².